The average molecular weight is 388 g/mol. The fraction of sp³-hybridized carbons (Fsp3) is 0.526. The highest BCUT2D eigenvalue weighted by Crippen LogP contribution is 2.29. The summed E-state index contributed by atoms with van der Waals surface area (Å²) in [5, 5.41) is 16.3. The van der Waals surface area contributed by atoms with Crippen molar-refractivity contribution in [2.75, 3.05) is 51.0 Å². The third-order valence-electron chi connectivity index (χ3n) is 4.50. The van der Waals surface area contributed by atoms with Gasteiger partial charge >= 0.3 is 0 Å². The number of rotatable bonds is 9. The highest BCUT2D eigenvalue weighted by Gasteiger charge is 2.17. The molecule has 0 saturated carbocycles. The number of aliphatic hydroxyl groups is 1. The number of hydrogen-bond donors (Lipinski definition) is 3. The van der Waals surface area contributed by atoms with Crippen molar-refractivity contribution in [3.8, 4) is 11.5 Å². The van der Waals surface area contributed by atoms with Gasteiger partial charge in [0.25, 0.3) is 0 Å². The van der Waals surface area contributed by atoms with Crippen LogP contribution >= 0.6 is 0 Å². The Morgan fingerprint density at radius 2 is 1.96 bits per heavy atom. The van der Waals surface area contributed by atoms with E-state index >= 15 is 0 Å². The Morgan fingerprint density at radius 3 is 2.68 bits per heavy atom. The minimum absolute atomic E-state index is 0.182. The third kappa shape index (κ3) is 5.43. The molecule has 3 rings (SSSR count). The molecule has 1 saturated heterocycles. The molecule has 3 heterocycles. The molecule has 1 atom stereocenters. The molecule has 2 aromatic heterocycles. The summed E-state index contributed by atoms with van der Waals surface area (Å²) in [5.41, 5.74) is 0.830. The normalized spacial score (nSPS) is 15.3. The van der Waals surface area contributed by atoms with Crippen molar-refractivity contribution in [3.05, 3.63) is 24.0 Å². The van der Waals surface area contributed by atoms with Gasteiger partial charge in [-0.3, -0.25) is 0 Å². The van der Waals surface area contributed by atoms with Gasteiger partial charge in [0, 0.05) is 31.4 Å². The maximum absolute atomic E-state index is 10.3. The summed E-state index contributed by atoms with van der Waals surface area (Å²) in [5.74, 6) is 2.67. The van der Waals surface area contributed by atoms with E-state index in [1.165, 1.54) is 12.8 Å². The molecule has 0 unspecified atom stereocenters. The van der Waals surface area contributed by atoms with Crippen LogP contribution < -0.4 is 20.1 Å². The molecule has 0 amide bonds. The number of anilines is 3. The van der Waals surface area contributed by atoms with Crippen LogP contribution in [0.3, 0.4) is 0 Å². The van der Waals surface area contributed by atoms with Crippen LogP contribution in [0.25, 0.3) is 0 Å². The van der Waals surface area contributed by atoms with E-state index in [0.717, 1.165) is 18.8 Å². The number of β-amino-alcohol motifs (C(OH)–C–C–N with tert-alkyl or cyclic N) is 1. The molecular weight excluding hydrogens is 360 g/mol. The van der Waals surface area contributed by atoms with Crippen molar-refractivity contribution >= 4 is 17.6 Å². The topological polar surface area (TPSA) is 105 Å². The summed E-state index contributed by atoms with van der Waals surface area (Å²) in [7, 11) is 3.36. The van der Waals surface area contributed by atoms with Crippen molar-refractivity contribution in [1.29, 1.82) is 0 Å². The van der Waals surface area contributed by atoms with Crippen LogP contribution in [-0.2, 0) is 0 Å². The number of ether oxygens (including phenoxy) is 2. The quantitative estimate of drug-likeness (QED) is 0.593. The molecule has 152 valence electrons. The monoisotopic (exact) mass is 388 g/mol. The zero-order valence-electron chi connectivity index (χ0n) is 16.6. The number of aliphatic hydroxyl groups excluding tert-OH is 1. The molecule has 0 spiro atoms. The summed E-state index contributed by atoms with van der Waals surface area (Å²) in [4.78, 5) is 15.3. The Kier molecular flexibility index (Phi) is 6.83. The number of pyridine rings is 1. The lowest BCUT2D eigenvalue weighted by Crippen LogP contribution is -2.33. The average Bonchev–Trinajstić information content (AvgIpc) is 3.19. The Bertz CT molecular complexity index is 782. The number of hydrogen-bond acceptors (Lipinski definition) is 9. The molecule has 1 aliphatic heterocycles. The first kappa shape index (κ1) is 20.1. The predicted molar refractivity (Wildman–Crippen MR) is 108 cm³/mol. The van der Waals surface area contributed by atoms with Crippen LogP contribution in [-0.4, -0.2) is 71.5 Å². The van der Waals surface area contributed by atoms with Gasteiger partial charge in [-0.25, -0.2) is 9.97 Å². The van der Waals surface area contributed by atoms with E-state index in [4.69, 9.17) is 9.47 Å². The maximum Gasteiger partial charge on any atom is 0.230 e. The Hall–Kier alpha value is -2.65. The van der Waals surface area contributed by atoms with Crippen molar-refractivity contribution in [2.45, 2.75) is 25.9 Å². The van der Waals surface area contributed by atoms with Crippen LogP contribution in [0.4, 0.5) is 17.6 Å². The SMILES string of the molecule is CNc1cc(C)nc(Nc2cc(OC[C@H](O)CN3CCCC3)c(OC)cn2)n1. The zero-order valence-corrected chi connectivity index (χ0v) is 16.6. The molecule has 1 aliphatic rings. The fourth-order valence-electron chi connectivity index (χ4n) is 3.13. The molecule has 9 nitrogen and oxygen atoms in total. The molecule has 0 radical (unpaired) electrons. The molecule has 0 aliphatic carbocycles. The molecule has 0 aromatic carbocycles. The van der Waals surface area contributed by atoms with Crippen LogP contribution in [0.2, 0.25) is 0 Å². The van der Waals surface area contributed by atoms with E-state index in [1.807, 2.05) is 13.0 Å². The highest BCUT2D eigenvalue weighted by atomic mass is 16.5. The largest absolute Gasteiger partial charge is 0.491 e. The summed E-state index contributed by atoms with van der Waals surface area (Å²) in [6, 6.07) is 3.56. The van der Waals surface area contributed by atoms with Gasteiger partial charge in [0.15, 0.2) is 11.5 Å². The first-order valence-electron chi connectivity index (χ1n) is 9.45. The van der Waals surface area contributed by atoms with Crippen molar-refractivity contribution < 1.29 is 14.6 Å². The van der Waals surface area contributed by atoms with E-state index < -0.39 is 6.10 Å². The number of likely N-dealkylation sites (tertiary alicyclic amines) is 1. The first-order valence-corrected chi connectivity index (χ1v) is 9.45. The highest BCUT2D eigenvalue weighted by molar-refractivity contribution is 5.55. The smallest absolute Gasteiger partial charge is 0.230 e. The predicted octanol–water partition coefficient (Wildman–Crippen LogP) is 1.81. The van der Waals surface area contributed by atoms with E-state index in [1.54, 1.807) is 26.4 Å². The van der Waals surface area contributed by atoms with Gasteiger partial charge in [-0.2, -0.15) is 4.98 Å². The second-order valence-corrected chi connectivity index (χ2v) is 6.79. The lowest BCUT2D eigenvalue weighted by Gasteiger charge is -2.20. The van der Waals surface area contributed by atoms with Crippen molar-refractivity contribution in [3.63, 3.8) is 0 Å². The fourth-order valence-corrected chi connectivity index (χ4v) is 3.13. The Balaban J connectivity index is 1.66. The number of nitrogens with zero attached hydrogens (tertiary/aromatic N) is 4. The van der Waals surface area contributed by atoms with E-state index in [0.29, 0.717) is 35.6 Å². The van der Waals surface area contributed by atoms with Gasteiger partial charge in [0.1, 0.15) is 24.3 Å². The van der Waals surface area contributed by atoms with Crippen LogP contribution in [0, 0.1) is 6.92 Å². The second kappa shape index (κ2) is 9.52. The van der Waals surface area contributed by atoms with Crippen LogP contribution in [0.1, 0.15) is 18.5 Å². The summed E-state index contributed by atoms with van der Waals surface area (Å²) < 4.78 is 11.1. The molecular formula is C19H28N6O3. The summed E-state index contributed by atoms with van der Waals surface area (Å²) in [6.07, 6.45) is 3.39. The summed E-state index contributed by atoms with van der Waals surface area (Å²) in [6.45, 7) is 4.76. The van der Waals surface area contributed by atoms with E-state index in [2.05, 4.69) is 30.5 Å². The zero-order chi connectivity index (χ0) is 19.9. The lowest BCUT2D eigenvalue weighted by molar-refractivity contribution is 0.0747. The van der Waals surface area contributed by atoms with Crippen molar-refractivity contribution in [2.24, 2.45) is 0 Å². The molecule has 28 heavy (non-hydrogen) atoms. The number of aromatic nitrogens is 3. The molecule has 1 fully saturated rings. The first-order chi connectivity index (χ1) is 13.6. The molecule has 3 N–H and O–H groups in total. The number of methoxy groups -OCH3 is 1. The van der Waals surface area contributed by atoms with Gasteiger partial charge in [-0.15, -0.1) is 0 Å². The summed E-state index contributed by atoms with van der Waals surface area (Å²) >= 11 is 0. The van der Waals surface area contributed by atoms with Crippen molar-refractivity contribution in [1.82, 2.24) is 19.9 Å². The van der Waals surface area contributed by atoms with Gasteiger partial charge in [-0.1, -0.05) is 0 Å². The van der Waals surface area contributed by atoms with Crippen LogP contribution in [0.15, 0.2) is 18.3 Å². The Morgan fingerprint density at radius 1 is 1.18 bits per heavy atom. The van der Waals surface area contributed by atoms with E-state index in [-0.39, 0.29) is 6.61 Å². The minimum Gasteiger partial charge on any atom is -0.491 e. The lowest BCUT2D eigenvalue weighted by atomic mass is 10.3. The third-order valence-corrected chi connectivity index (χ3v) is 4.50. The molecule has 0 bridgehead atoms. The molecule has 9 heteroatoms. The maximum atomic E-state index is 10.3. The Labute approximate surface area is 165 Å². The number of nitrogens with one attached hydrogen (secondary N) is 2. The van der Waals surface area contributed by atoms with Gasteiger partial charge in [0.2, 0.25) is 5.95 Å². The molecule has 2 aromatic rings. The second-order valence-electron chi connectivity index (χ2n) is 6.79. The standard InChI is InChI=1S/C19H28N6O3/c1-13-8-17(20-2)23-19(22-13)24-18-9-15(16(27-3)10-21-18)28-12-14(26)11-25-6-4-5-7-25/h8-10,14,26H,4-7,11-12H2,1-3H3,(H2,20,21,22,23,24)/t14-/m1/s1. The van der Waals surface area contributed by atoms with Crippen LogP contribution in [0.5, 0.6) is 11.5 Å². The minimum atomic E-state index is -0.564. The number of aryl methyl sites for hydroxylation is 1. The van der Waals surface area contributed by atoms with Gasteiger partial charge in [0.05, 0.1) is 13.3 Å². The van der Waals surface area contributed by atoms with Gasteiger partial charge in [-0.05, 0) is 32.9 Å². The van der Waals surface area contributed by atoms with Gasteiger partial charge < -0.3 is 30.1 Å². The van der Waals surface area contributed by atoms with E-state index in [9.17, 15) is 5.11 Å².